The number of hydrogen-bond donors (Lipinski definition) is 1. The molecule has 0 spiro atoms. The Kier molecular flexibility index (Phi) is 5.98. The molecule has 26 heavy (non-hydrogen) atoms. The Bertz CT molecular complexity index is 829. The molecule has 6 heteroatoms. The summed E-state index contributed by atoms with van der Waals surface area (Å²) in [7, 11) is 0. The van der Waals surface area contributed by atoms with Gasteiger partial charge >= 0.3 is 0 Å². The van der Waals surface area contributed by atoms with Crippen LogP contribution in [0, 0.1) is 0 Å². The monoisotopic (exact) mass is 350 g/mol. The lowest BCUT2D eigenvalue weighted by molar-refractivity contribution is 0.0950. The highest BCUT2D eigenvalue weighted by molar-refractivity contribution is 5.93. The van der Waals surface area contributed by atoms with Crippen molar-refractivity contribution in [3.8, 4) is 11.6 Å². The zero-order valence-electron chi connectivity index (χ0n) is 14.8. The minimum absolute atomic E-state index is 0.160. The summed E-state index contributed by atoms with van der Waals surface area (Å²) in [5, 5.41) is 2.91. The van der Waals surface area contributed by atoms with Crippen molar-refractivity contribution in [1.82, 2.24) is 19.9 Å². The van der Waals surface area contributed by atoms with Gasteiger partial charge in [0, 0.05) is 25.1 Å². The van der Waals surface area contributed by atoms with Crippen molar-refractivity contribution in [3.63, 3.8) is 0 Å². The van der Waals surface area contributed by atoms with Crippen LogP contribution in [0.4, 0.5) is 0 Å². The molecule has 0 atom stereocenters. The van der Waals surface area contributed by atoms with E-state index < -0.39 is 0 Å². The zero-order valence-corrected chi connectivity index (χ0v) is 14.8. The average Bonchev–Trinajstić information content (AvgIpc) is 3.22. The molecule has 0 unspecified atom stereocenters. The van der Waals surface area contributed by atoms with E-state index in [0.29, 0.717) is 18.7 Å². The minimum Gasteiger partial charge on any atom is -0.494 e. The van der Waals surface area contributed by atoms with Crippen molar-refractivity contribution < 1.29 is 9.53 Å². The standard InChI is InChI=1S/C20H22N4O2/c1-2-3-11-26-18-6-4-5-16(12-18)13-23-20(25)17-7-8-19(22-14-17)24-10-9-21-15-24/h4-10,12,14-15H,2-3,11,13H2,1H3,(H,23,25). The Morgan fingerprint density at radius 2 is 2.19 bits per heavy atom. The summed E-state index contributed by atoms with van der Waals surface area (Å²) in [6.45, 7) is 3.28. The quantitative estimate of drug-likeness (QED) is 0.632. The van der Waals surface area contributed by atoms with Crippen LogP contribution in [-0.2, 0) is 6.54 Å². The molecule has 3 aromatic rings. The molecule has 3 rings (SSSR count). The molecule has 0 aliphatic carbocycles. The number of ether oxygens (including phenoxy) is 1. The first-order valence-corrected chi connectivity index (χ1v) is 8.70. The largest absolute Gasteiger partial charge is 0.494 e. The summed E-state index contributed by atoms with van der Waals surface area (Å²) >= 11 is 0. The van der Waals surface area contributed by atoms with Crippen LogP contribution in [0.1, 0.15) is 35.7 Å². The maximum absolute atomic E-state index is 12.3. The molecule has 0 bridgehead atoms. The van der Waals surface area contributed by atoms with Crippen molar-refractivity contribution >= 4 is 5.91 Å². The highest BCUT2D eigenvalue weighted by Crippen LogP contribution is 2.14. The third-order valence-electron chi connectivity index (χ3n) is 3.90. The number of carbonyl (C=O) groups excluding carboxylic acids is 1. The molecule has 2 aromatic heterocycles. The normalized spacial score (nSPS) is 10.5. The van der Waals surface area contributed by atoms with E-state index >= 15 is 0 Å². The fourth-order valence-electron chi connectivity index (χ4n) is 2.43. The summed E-state index contributed by atoms with van der Waals surface area (Å²) in [6, 6.07) is 11.3. The van der Waals surface area contributed by atoms with Crippen LogP contribution in [0.5, 0.6) is 5.75 Å². The Balaban J connectivity index is 1.56. The lowest BCUT2D eigenvalue weighted by Gasteiger charge is -2.09. The fraction of sp³-hybridized carbons (Fsp3) is 0.250. The molecule has 0 radical (unpaired) electrons. The highest BCUT2D eigenvalue weighted by atomic mass is 16.5. The molecule has 134 valence electrons. The number of carbonyl (C=O) groups is 1. The van der Waals surface area contributed by atoms with Gasteiger partial charge in [-0.15, -0.1) is 0 Å². The fourth-order valence-corrected chi connectivity index (χ4v) is 2.43. The van der Waals surface area contributed by atoms with E-state index in [9.17, 15) is 4.79 Å². The lowest BCUT2D eigenvalue weighted by atomic mass is 10.2. The van der Waals surface area contributed by atoms with Gasteiger partial charge in [0.15, 0.2) is 0 Å². The molecule has 6 nitrogen and oxygen atoms in total. The number of pyridine rings is 1. The number of rotatable bonds is 8. The number of hydrogen-bond acceptors (Lipinski definition) is 4. The number of nitrogens with one attached hydrogen (secondary N) is 1. The highest BCUT2D eigenvalue weighted by Gasteiger charge is 2.07. The topological polar surface area (TPSA) is 69.0 Å². The Labute approximate surface area is 152 Å². The molecular formula is C20H22N4O2. The summed E-state index contributed by atoms with van der Waals surface area (Å²) in [4.78, 5) is 20.6. The van der Waals surface area contributed by atoms with Crippen molar-refractivity contribution in [3.05, 3.63) is 72.4 Å². The number of nitrogens with zero attached hydrogens (tertiary/aromatic N) is 3. The molecule has 0 fully saturated rings. The van der Waals surface area contributed by atoms with Crippen molar-refractivity contribution in [1.29, 1.82) is 0 Å². The van der Waals surface area contributed by atoms with Crippen LogP contribution >= 0.6 is 0 Å². The molecule has 1 N–H and O–H groups in total. The SMILES string of the molecule is CCCCOc1cccc(CNC(=O)c2ccc(-n3ccnc3)nc2)c1. The Morgan fingerprint density at radius 1 is 1.27 bits per heavy atom. The number of benzene rings is 1. The van der Waals surface area contributed by atoms with Gasteiger partial charge in [-0.3, -0.25) is 9.36 Å². The molecule has 0 aliphatic rings. The molecule has 1 aromatic carbocycles. The van der Waals surface area contributed by atoms with Crippen molar-refractivity contribution in [2.24, 2.45) is 0 Å². The van der Waals surface area contributed by atoms with Crippen molar-refractivity contribution in [2.75, 3.05) is 6.61 Å². The first-order chi connectivity index (χ1) is 12.8. The number of amides is 1. The van der Waals surface area contributed by atoms with Gasteiger partial charge in [0.1, 0.15) is 17.9 Å². The maximum Gasteiger partial charge on any atom is 0.253 e. The predicted octanol–water partition coefficient (Wildman–Crippen LogP) is 3.38. The Morgan fingerprint density at radius 3 is 2.92 bits per heavy atom. The van der Waals surface area contributed by atoms with Gasteiger partial charge in [0.05, 0.1) is 12.2 Å². The second kappa shape index (κ2) is 8.80. The van der Waals surface area contributed by atoms with Crippen LogP contribution in [0.3, 0.4) is 0 Å². The molecule has 0 aliphatic heterocycles. The second-order valence-electron chi connectivity index (χ2n) is 5.91. The van der Waals surface area contributed by atoms with E-state index in [2.05, 4.69) is 22.2 Å². The van der Waals surface area contributed by atoms with Crippen LogP contribution in [0.25, 0.3) is 5.82 Å². The third-order valence-corrected chi connectivity index (χ3v) is 3.90. The van der Waals surface area contributed by atoms with Crippen molar-refractivity contribution in [2.45, 2.75) is 26.3 Å². The Hall–Kier alpha value is -3.15. The number of imidazole rings is 1. The van der Waals surface area contributed by atoms with Gasteiger partial charge in [-0.2, -0.15) is 0 Å². The van der Waals surface area contributed by atoms with E-state index in [-0.39, 0.29) is 5.91 Å². The number of aromatic nitrogens is 3. The maximum atomic E-state index is 12.3. The summed E-state index contributed by atoms with van der Waals surface area (Å²) in [5.41, 5.74) is 1.51. The van der Waals surface area contributed by atoms with Crippen LogP contribution in [-0.4, -0.2) is 27.0 Å². The van der Waals surface area contributed by atoms with Gasteiger partial charge in [-0.05, 0) is 36.2 Å². The minimum atomic E-state index is -0.160. The molecule has 0 saturated carbocycles. The summed E-state index contributed by atoms with van der Waals surface area (Å²) in [6.07, 6.45) is 8.85. The van der Waals surface area contributed by atoms with E-state index in [4.69, 9.17) is 4.74 Å². The van der Waals surface area contributed by atoms with Crippen LogP contribution in [0.15, 0.2) is 61.3 Å². The van der Waals surface area contributed by atoms with Gasteiger partial charge in [-0.1, -0.05) is 25.5 Å². The van der Waals surface area contributed by atoms with E-state index in [1.165, 1.54) is 0 Å². The zero-order chi connectivity index (χ0) is 18.2. The first kappa shape index (κ1) is 17.7. The molecule has 2 heterocycles. The van der Waals surface area contributed by atoms with E-state index in [1.807, 2.05) is 24.3 Å². The second-order valence-corrected chi connectivity index (χ2v) is 5.91. The van der Waals surface area contributed by atoms with Gasteiger partial charge in [0.25, 0.3) is 5.91 Å². The average molecular weight is 350 g/mol. The van der Waals surface area contributed by atoms with Crippen LogP contribution < -0.4 is 10.1 Å². The lowest BCUT2D eigenvalue weighted by Crippen LogP contribution is -2.23. The van der Waals surface area contributed by atoms with Gasteiger partial charge in [0.2, 0.25) is 0 Å². The number of unbranched alkanes of at least 4 members (excludes halogenated alkanes) is 1. The molecular weight excluding hydrogens is 328 g/mol. The summed E-state index contributed by atoms with van der Waals surface area (Å²) in [5.74, 6) is 1.39. The predicted molar refractivity (Wildman–Crippen MR) is 99.4 cm³/mol. The van der Waals surface area contributed by atoms with Gasteiger partial charge < -0.3 is 10.1 Å². The summed E-state index contributed by atoms with van der Waals surface area (Å²) < 4.78 is 7.48. The molecule has 1 amide bonds. The van der Waals surface area contributed by atoms with E-state index in [0.717, 1.165) is 30.0 Å². The van der Waals surface area contributed by atoms with E-state index in [1.54, 1.807) is 41.6 Å². The molecule has 0 saturated heterocycles. The first-order valence-electron chi connectivity index (χ1n) is 8.70. The third kappa shape index (κ3) is 4.69. The smallest absolute Gasteiger partial charge is 0.253 e. The van der Waals surface area contributed by atoms with Gasteiger partial charge in [-0.25, -0.2) is 9.97 Å². The van der Waals surface area contributed by atoms with Crippen LogP contribution in [0.2, 0.25) is 0 Å².